The average Bonchev–Trinajstić information content (AvgIpc) is 3.46. The number of rotatable bonds is 8. The summed E-state index contributed by atoms with van der Waals surface area (Å²) in [5, 5.41) is 2.57. The number of carbonyl (C=O) groups is 3. The summed E-state index contributed by atoms with van der Waals surface area (Å²) in [7, 11) is 0. The van der Waals surface area contributed by atoms with Gasteiger partial charge >= 0.3 is 4.87 Å². The lowest BCUT2D eigenvalue weighted by molar-refractivity contribution is -0.122. The highest BCUT2D eigenvalue weighted by Crippen LogP contribution is 2.54. The zero-order valence-corrected chi connectivity index (χ0v) is 26.1. The Balaban J connectivity index is 1.42. The van der Waals surface area contributed by atoms with Crippen molar-refractivity contribution in [1.29, 1.82) is 0 Å². The van der Waals surface area contributed by atoms with Crippen LogP contribution in [0.2, 0.25) is 0 Å². The fourth-order valence-electron chi connectivity index (χ4n) is 5.99. The van der Waals surface area contributed by atoms with E-state index in [4.69, 9.17) is 0 Å². The molecule has 0 bridgehead atoms. The number of fused-ring (bicyclic) bond motifs is 2. The monoisotopic (exact) mass is 630 g/mol. The van der Waals surface area contributed by atoms with Gasteiger partial charge in [0.15, 0.2) is 0 Å². The van der Waals surface area contributed by atoms with Crippen molar-refractivity contribution in [1.82, 2.24) is 4.57 Å². The zero-order chi connectivity index (χ0) is 31.1. The number of imide groups is 1. The Hall–Kier alpha value is -4.22. The number of hydrogen-bond donors (Lipinski definition) is 1. The molecule has 226 valence electrons. The van der Waals surface area contributed by atoms with Gasteiger partial charge in [0, 0.05) is 35.3 Å². The largest absolute Gasteiger partial charge is 0.372 e. The second-order valence-electron chi connectivity index (χ2n) is 10.8. The molecule has 0 saturated carbocycles. The van der Waals surface area contributed by atoms with Crippen molar-refractivity contribution in [3.05, 3.63) is 104 Å². The van der Waals surface area contributed by atoms with Crippen LogP contribution in [-0.2, 0) is 20.9 Å². The average molecular weight is 631 g/mol. The number of carbonyl (C=O) groups excluding carboxylic acids is 3. The first-order chi connectivity index (χ1) is 21.2. The Morgan fingerprint density at radius 1 is 0.932 bits per heavy atom. The lowest BCUT2D eigenvalue weighted by Gasteiger charge is -2.31. The minimum absolute atomic E-state index is 0.235. The molecule has 1 N–H and O–H groups in total. The van der Waals surface area contributed by atoms with Crippen LogP contribution in [-0.4, -0.2) is 40.6 Å². The van der Waals surface area contributed by atoms with Crippen LogP contribution < -0.4 is 20.0 Å². The van der Waals surface area contributed by atoms with Gasteiger partial charge in [0.1, 0.15) is 17.6 Å². The van der Waals surface area contributed by atoms with Crippen LogP contribution in [0.3, 0.4) is 0 Å². The molecule has 0 aliphatic carbocycles. The van der Waals surface area contributed by atoms with E-state index in [0.29, 0.717) is 21.3 Å². The molecule has 2 aliphatic heterocycles. The van der Waals surface area contributed by atoms with Crippen molar-refractivity contribution in [2.45, 2.75) is 43.5 Å². The summed E-state index contributed by atoms with van der Waals surface area (Å²) in [5.74, 6) is -3.03. The maximum absolute atomic E-state index is 14.0. The Morgan fingerprint density at radius 3 is 2.27 bits per heavy atom. The van der Waals surface area contributed by atoms with E-state index >= 15 is 0 Å². The molecule has 3 heterocycles. The number of hydrogen-bond acceptors (Lipinski definition) is 7. The normalized spacial score (nSPS) is 19.1. The van der Waals surface area contributed by atoms with Crippen molar-refractivity contribution in [2.24, 2.45) is 5.92 Å². The summed E-state index contributed by atoms with van der Waals surface area (Å²) >= 11 is 2.16. The van der Waals surface area contributed by atoms with Crippen LogP contribution in [0.15, 0.2) is 82.6 Å². The van der Waals surface area contributed by atoms with Gasteiger partial charge in [-0.3, -0.25) is 23.7 Å². The quantitative estimate of drug-likeness (QED) is 0.254. The van der Waals surface area contributed by atoms with E-state index in [9.17, 15) is 23.6 Å². The number of aryl methyl sites for hydroxylation is 1. The van der Waals surface area contributed by atoms with E-state index < -0.39 is 34.7 Å². The smallest absolute Gasteiger partial charge is 0.308 e. The van der Waals surface area contributed by atoms with Gasteiger partial charge in [-0.05, 0) is 74.4 Å². The minimum Gasteiger partial charge on any atom is -0.372 e. The van der Waals surface area contributed by atoms with Crippen LogP contribution in [0.5, 0.6) is 0 Å². The molecule has 0 spiro atoms. The van der Waals surface area contributed by atoms with Crippen LogP contribution in [0, 0.1) is 18.7 Å². The van der Waals surface area contributed by atoms with E-state index in [1.54, 1.807) is 6.07 Å². The SMILES string of the molecule is CCN(CC)c1ccc([C@H]2c3sc(=O)n(CC(=O)Nc4ccccc4C)c3SC3C(=O)N(c4ccc(F)cc4)C(=O)C32)cc1. The third kappa shape index (κ3) is 5.24. The summed E-state index contributed by atoms with van der Waals surface area (Å²) < 4.78 is 15.1. The highest BCUT2D eigenvalue weighted by atomic mass is 32.2. The number of aromatic nitrogens is 1. The highest BCUT2D eigenvalue weighted by Gasteiger charge is 2.56. The summed E-state index contributed by atoms with van der Waals surface area (Å²) in [6.07, 6.45) is 0. The zero-order valence-electron chi connectivity index (χ0n) is 24.5. The lowest BCUT2D eigenvalue weighted by atomic mass is 9.83. The van der Waals surface area contributed by atoms with E-state index in [1.807, 2.05) is 49.4 Å². The third-order valence-corrected chi connectivity index (χ3v) is 10.8. The fourth-order valence-corrected chi connectivity index (χ4v) is 8.76. The van der Waals surface area contributed by atoms with Crippen molar-refractivity contribution < 1.29 is 18.8 Å². The lowest BCUT2D eigenvalue weighted by Crippen LogP contribution is -2.33. The third-order valence-electron chi connectivity index (χ3n) is 8.24. The van der Waals surface area contributed by atoms with Gasteiger partial charge in [-0.1, -0.05) is 53.4 Å². The molecule has 0 radical (unpaired) electrons. The van der Waals surface area contributed by atoms with Crippen LogP contribution in [0.4, 0.5) is 21.5 Å². The van der Waals surface area contributed by atoms with Crippen LogP contribution in [0.25, 0.3) is 0 Å². The first-order valence-electron chi connectivity index (χ1n) is 14.5. The minimum atomic E-state index is -0.827. The Labute approximate surface area is 262 Å². The van der Waals surface area contributed by atoms with Gasteiger partial charge in [0.2, 0.25) is 17.7 Å². The van der Waals surface area contributed by atoms with Gasteiger partial charge < -0.3 is 10.2 Å². The molecular formula is C33H31FN4O4S2. The van der Waals surface area contributed by atoms with Crippen LogP contribution in [0.1, 0.15) is 35.8 Å². The molecule has 3 atom stereocenters. The van der Waals surface area contributed by atoms with Crippen molar-refractivity contribution in [2.75, 3.05) is 28.2 Å². The summed E-state index contributed by atoms with van der Waals surface area (Å²) in [6.45, 7) is 7.47. The maximum Gasteiger partial charge on any atom is 0.308 e. The van der Waals surface area contributed by atoms with E-state index in [2.05, 4.69) is 24.1 Å². The molecule has 4 aromatic rings. The molecule has 2 aliphatic rings. The number of thiazole rings is 1. The first kappa shape index (κ1) is 29.8. The predicted octanol–water partition coefficient (Wildman–Crippen LogP) is 5.64. The Morgan fingerprint density at radius 2 is 1.61 bits per heavy atom. The Kier molecular flexibility index (Phi) is 8.17. The molecule has 1 fully saturated rings. The fraction of sp³-hybridized carbons (Fsp3) is 0.273. The first-order valence-corrected chi connectivity index (χ1v) is 16.1. The second kappa shape index (κ2) is 12.0. The van der Waals surface area contributed by atoms with Gasteiger partial charge in [-0.25, -0.2) is 9.29 Å². The number of nitrogens with zero attached hydrogens (tertiary/aromatic N) is 3. The van der Waals surface area contributed by atoms with Crippen molar-refractivity contribution >= 4 is 57.9 Å². The molecule has 1 aromatic heterocycles. The molecule has 2 unspecified atom stereocenters. The number of halogens is 1. The number of thioether (sulfide) groups is 1. The van der Waals surface area contributed by atoms with Gasteiger partial charge in [0.25, 0.3) is 0 Å². The number of para-hydroxylation sites is 1. The molecule has 6 rings (SSSR count). The number of amides is 3. The molecule has 3 amide bonds. The Bertz CT molecular complexity index is 1800. The van der Waals surface area contributed by atoms with Crippen LogP contribution >= 0.6 is 23.1 Å². The van der Waals surface area contributed by atoms with Crippen molar-refractivity contribution in [3.8, 4) is 0 Å². The highest BCUT2D eigenvalue weighted by molar-refractivity contribution is 8.00. The molecular weight excluding hydrogens is 600 g/mol. The molecule has 3 aromatic carbocycles. The molecule has 1 saturated heterocycles. The van der Waals surface area contributed by atoms with Gasteiger partial charge in [-0.2, -0.15) is 0 Å². The number of nitrogens with one attached hydrogen (secondary N) is 1. The summed E-state index contributed by atoms with van der Waals surface area (Å²) in [5.41, 5.74) is 3.67. The molecule has 8 nitrogen and oxygen atoms in total. The van der Waals surface area contributed by atoms with E-state index in [-0.39, 0.29) is 17.3 Å². The van der Waals surface area contributed by atoms with E-state index in [1.165, 1.54) is 28.8 Å². The predicted molar refractivity (Wildman–Crippen MR) is 172 cm³/mol. The standard InChI is InChI=1S/C33H31FN4O4S2/c1-4-36(5-2)22-14-10-20(11-15-22)26-27-28(31(41)38(30(27)40)23-16-12-21(34)13-17-23)43-32-29(26)44-33(42)37(32)18-25(39)35-24-9-7-6-8-19(24)3/h6-17,26-28H,4-5,18H2,1-3H3,(H,35,39)/t26-,27?,28?/m1/s1. The van der Waals surface area contributed by atoms with Crippen molar-refractivity contribution in [3.63, 3.8) is 0 Å². The number of anilines is 3. The number of benzene rings is 3. The van der Waals surface area contributed by atoms with Gasteiger partial charge in [-0.15, -0.1) is 0 Å². The topological polar surface area (TPSA) is 91.7 Å². The molecule has 11 heteroatoms. The molecule has 44 heavy (non-hydrogen) atoms. The van der Waals surface area contributed by atoms with Gasteiger partial charge in [0.05, 0.1) is 16.6 Å². The summed E-state index contributed by atoms with van der Waals surface area (Å²) in [4.78, 5) is 58.2. The second-order valence-corrected chi connectivity index (χ2v) is 12.9. The maximum atomic E-state index is 14.0. The summed E-state index contributed by atoms with van der Waals surface area (Å²) in [6, 6.07) is 20.5. The van der Waals surface area contributed by atoms with E-state index in [0.717, 1.165) is 57.9 Å².